The number of halogens is 2. The van der Waals surface area contributed by atoms with E-state index in [4.69, 9.17) is 0 Å². The summed E-state index contributed by atoms with van der Waals surface area (Å²) >= 11 is 0. The van der Waals surface area contributed by atoms with Crippen molar-refractivity contribution in [3.63, 3.8) is 0 Å². The summed E-state index contributed by atoms with van der Waals surface area (Å²) in [5.41, 5.74) is -2.24. The van der Waals surface area contributed by atoms with Gasteiger partial charge in [-0.1, -0.05) is 20.8 Å². The molecule has 0 aromatic carbocycles. The molecule has 4 heteroatoms. The van der Waals surface area contributed by atoms with Crippen LogP contribution in [0.2, 0.25) is 0 Å². The van der Waals surface area contributed by atoms with E-state index in [2.05, 4.69) is 0 Å². The van der Waals surface area contributed by atoms with Crippen LogP contribution < -0.4 is 0 Å². The lowest BCUT2D eigenvalue weighted by molar-refractivity contribution is -0.199. The minimum atomic E-state index is -3.24. The Hall–Kier alpha value is -0.510. The predicted molar refractivity (Wildman–Crippen MR) is 50.3 cm³/mol. The molecule has 0 aliphatic heterocycles. The summed E-state index contributed by atoms with van der Waals surface area (Å²) in [5, 5.41) is 9.54. The standard InChI is InChI=1S/C10H18F2O2/c1-5-8(13)6-9(4,14)10(11,12)7(2)3/h7,14H,5-6H2,1-4H3. The molecule has 0 fully saturated rings. The van der Waals surface area contributed by atoms with Gasteiger partial charge in [0.15, 0.2) is 0 Å². The zero-order valence-corrected chi connectivity index (χ0v) is 9.10. The molecule has 0 saturated carbocycles. The maximum atomic E-state index is 13.4. The summed E-state index contributed by atoms with van der Waals surface area (Å²) in [7, 11) is 0. The minimum Gasteiger partial charge on any atom is -0.383 e. The highest BCUT2D eigenvalue weighted by Gasteiger charge is 2.51. The van der Waals surface area contributed by atoms with Crippen molar-refractivity contribution in [3.8, 4) is 0 Å². The van der Waals surface area contributed by atoms with E-state index in [9.17, 15) is 18.7 Å². The Kier molecular flexibility index (Phi) is 4.18. The monoisotopic (exact) mass is 208 g/mol. The zero-order valence-electron chi connectivity index (χ0n) is 9.10. The van der Waals surface area contributed by atoms with Gasteiger partial charge in [-0.05, 0) is 6.92 Å². The SMILES string of the molecule is CCC(=O)CC(C)(O)C(F)(F)C(C)C. The molecule has 1 unspecified atom stereocenters. The summed E-state index contributed by atoms with van der Waals surface area (Å²) in [6, 6.07) is 0. The predicted octanol–water partition coefficient (Wildman–Crippen LogP) is 2.40. The van der Waals surface area contributed by atoms with Crippen molar-refractivity contribution in [3.05, 3.63) is 0 Å². The first-order chi connectivity index (χ1) is 6.15. The number of rotatable bonds is 5. The molecule has 0 bridgehead atoms. The Morgan fingerprint density at radius 1 is 1.43 bits per heavy atom. The van der Waals surface area contributed by atoms with Crippen LogP contribution in [0.5, 0.6) is 0 Å². The van der Waals surface area contributed by atoms with Crippen LogP contribution in [0.3, 0.4) is 0 Å². The third kappa shape index (κ3) is 2.74. The third-order valence-corrected chi connectivity index (χ3v) is 2.38. The number of ketones is 1. The highest BCUT2D eigenvalue weighted by Crippen LogP contribution is 2.37. The Morgan fingerprint density at radius 3 is 2.14 bits per heavy atom. The fourth-order valence-electron chi connectivity index (χ4n) is 1.25. The quantitative estimate of drug-likeness (QED) is 0.753. The van der Waals surface area contributed by atoms with E-state index >= 15 is 0 Å². The van der Waals surface area contributed by atoms with Gasteiger partial charge in [-0.25, -0.2) is 8.78 Å². The van der Waals surface area contributed by atoms with Crippen LogP contribution in [0.15, 0.2) is 0 Å². The van der Waals surface area contributed by atoms with Gasteiger partial charge in [0.2, 0.25) is 0 Å². The second-order valence-electron chi connectivity index (χ2n) is 4.12. The maximum Gasteiger partial charge on any atom is 0.278 e. The molecular formula is C10H18F2O2. The normalized spacial score (nSPS) is 16.9. The molecule has 0 aliphatic carbocycles. The second-order valence-corrected chi connectivity index (χ2v) is 4.12. The number of alkyl halides is 2. The van der Waals surface area contributed by atoms with Crippen LogP contribution in [0, 0.1) is 5.92 Å². The Bertz CT molecular complexity index is 210. The number of carbonyl (C=O) groups excluding carboxylic acids is 1. The van der Waals surface area contributed by atoms with Gasteiger partial charge in [0.25, 0.3) is 5.92 Å². The smallest absolute Gasteiger partial charge is 0.278 e. The summed E-state index contributed by atoms with van der Waals surface area (Å²) in [5.74, 6) is -4.57. The molecule has 1 N–H and O–H groups in total. The lowest BCUT2D eigenvalue weighted by atomic mass is 9.85. The van der Waals surface area contributed by atoms with Gasteiger partial charge in [0, 0.05) is 18.8 Å². The first-order valence-electron chi connectivity index (χ1n) is 4.77. The molecular weight excluding hydrogens is 190 g/mol. The molecule has 0 amide bonds. The van der Waals surface area contributed by atoms with E-state index in [0.717, 1.165) is 6.92 Å². The van der Waals surface area contributed by atoms with Crippen molar-refractivity contribution < 1.29 is 18.7 Å². The first kappa shape index (κ1) is 13.5. The molecule has 0 aromatic rings. The number of carbonyl (C=O) groups is 1. The highest BCUT2D eigenvalue weighted by molar-refractivity contribution is 5.79. The fourth-order valence-corrected chi connectivity index (χ4v) is 1.25. The van der Waals surface area contributed by atoms with Crippen molar-refractivity contribution in [2.45, 2.75) is 52.1 Å². The van der Waals surface area contributed by atoms with Gasteiger partial charge >= 0.3 is 0 Å². The van der Waals surface area contributed by atoms with Gasteiger partial charge in [-0.3, -0.25) is 4.79 Å². The van der Waals surface area contributed by atoms with E-state index in [1.165, 1.54) is 13.8 Å². The summed E-state index contributed by atoms with van der Waals surface area (Å²) in [4.78, 5) is 11.0. The van der Waals surface area contributed by atoms with Crippen LogP contribution >= 0.6 is 0 Å². The van der Waals surface area contributed by atoms with Crippen molar-refractivity contribution in [2.24, 2.45) is 5.92 Å². The number of Topliss-reactive ketones (excluding diaryl/α,β-unsaturated/α-hetero) is 1. The molecule has 0 aromatic heterocycles. The third-order valence-electron chi connectivity index (χ3n) is 2.38. The average molecular weight is 208 g/mol. The Morgan fingerprint density at radius 2 is 1.86 bits per heavy atom. The van der Waals surface area contributed by atoms with E-state index in [1.54, 1.807) is 6.92 Å². The van der Waals surface area contributed by atoms with Crippen molar-refractivity contribution in [1.82, 2.24) is 0 Å². The Labute approximate surface area is 83.3 Å². The second kappa shape index (κ2) is 4.34. The molecule has 84 valence electrons. The van der Waals surface area contributed by atoms with E-state index < -0.39 is 23.9 Å². The lowest BCUT2D eigenvalue weighted by Gasteiger charge is -2.34. The lowest BCUT2D eigenvalue weighted by Crippen LogP contribution is -2.50. The first-order valence-corrected chi connectivity index (χ1v) is 4.77. The molecule has 2 nitrogen and oxygen atoms in total. The van der Waals surface area contributed by atoms with E-state index in [1.807, 2.05) is 0 Å². The minimum absolute atomic E-state index is 0.171. The van der Waals surface area contributed by atoms with Crippen LogP contribution in [-0.4, -0.2) is 22.4 Å². The summed E-state index contributed by atoms with van der Waals surface area (Å²) in [6.07, 6.45) is -0.320. The average Bonchev–Trinajstić information content (AvgIpc) is 2.02. The van der Waals surface area contributed by atoms with E-state index in [-0.39, 0.29) is 12.2 Å². The largest absolute Gasteiger partial charge is 0.383 e. The zero-order chi connectivity index (χ0) is 11.6. The van der Waals surface area contributed by atoms with E-state index in [0.29, 0.717) is 0 Å². The molecule has 0 spiro atoms. The molecule has 0 heterocycles. The van der Waals surface area contributed by atoms with Crippen molar-refractivity contribution in [2.75, 3.05) is 0 Å². The molecule has 0 aliphatic rings. The molecule has 0 rings (SSSR count). The van der Waals surface area contributed by atoms with Gasteiger partial charge in [-0.15, -0.1) is 0 Å². The van der Waals surface area contributed by atoms with Gasteiger partial charge in [-0.2, -0.15) is 0 Å². The molecule has 1 atom stereocenters. The fraction of sp³-hybridized carbons (Fsp3) is 0.900. The summed E-state index contributed by atoms with van der Waals surface area (Å²) < 4.78 is 26.8. The molecule has 0 radical (unpaired) electrons. The van der Waals surface area contributed by atoms with Crippen LogP contribution in [0.4, 0.5) is 8.78 Å². The molecule has 14 heavy (non-hydrogen) atoms. The van der Waals surface area contributed by atoms with Gasteiger partial charge in [0.05, 0.1) is 0 Å². The van der Waals surface area contributed by atoms with Gasteiger partial charge in [0.1, 0.15) is 11.4 Å². The van der Waals surface area contributed by atoms with Crippen LogP contribution in [0.25, 0.3) is 0 Å². The maximum absolute atomic E-state index is 13.4. The molecule has 0 saturated heterocycles. The summed E-state index contributed by atoms with van der Waals surface area (Å²) in [6.45, 7) is 5.25. The number of hydrogen-bond donors (Lipinski definition) is 1. The number of hydrogen-bond acceptors (Lipinski definition) is 2. The highest BCUT2D eigenvalue weighted by atomic mass is 19.3. The van der Waals surface area contributed by atoms with Crippen molar-refractivity contribution in [1.29, 1.82) is 0 Å². The van der Waals surface area contributed by atoms with Crippen molar-refractivity contribution >= 4 is 5.78 Å². The Balaban J connectivity index is 4.68. The van der Waals surface area contributed by atoms with Crippen LogP contribution in [0.1, 0.15) is 40.5 Å². The van der Waals surface area contributed by atoms with Crippen LogP contribution in [-0.2, 0) is 4.79 Å². The van der Waals surface area contributed by atoms with Gasteiger partial charge < -0.3 is 5.11 Å². The number of aliphatic hydroxyl groups is 1. The topological polar surface area (TPSA) is 37.3 Å².